The highest BCUT2D eigenvalue weighted by atomic mass is 32.2. The quantitative estimate of drug-likeness (QED) is 0.504. The van der Waals surface area contributed by atoms with Crippen LogP contribution >= 0.6 is 23.5 Å². The van der Waals surface area contributed by atoms with E-state index in [1.165, 1.54) is 17.3 Å². The van der Waals surface area contributed by atoms with Crippen molar-refractivity contribution in [2.24, 2.45) is 0 Å². The maximum absolute atomic E-state index is 11.7. The molecule has 0 aliphatic rings. The zero-order valence-corrected chi connectivity index (χ0v) is 12.4. The van der Waals surface area contributed by atoms with Crippen molar-refractivity contribution in [3.05, 3.63) is 52.4 Å². The molecule has 1 aromatic heterocycles. The molecule has 0 fully saturated rings. The molecule has 0 aliphatic heterocycles. The van der Waals surface area contributed by atoms with Crippen molar-refractivity contribution < 1.29 is 0 Å². The molecule has 0 atom stereocenters. The molecule has 0 unspecified atom stereocenters. The van der Waals surface area contributed by atoms with Gasteiger partial charge in [-0.15, -0.1) is 11.8 Å². The van der Waals surface area contributed by atoms with Gasteiger partial charge in [0.25, 0.3) is 5.56 Å². The third-order valence-electron chi connectivity index (χ3n) is 2.65. The summed E-state index contributed by atoms with van der Waals surface area (Å²) in [4.78, 5) is 19.4. The molecule has 1 N–H and O–H groups in total. The Hall–Kier alpha value is -1.20. The predicted molar refractivity (Wildman–Crippen MR) is 82.1 cm³/mol. The molecule has 0 radical (unpaired) electrons. The van der Waals surface area contributed by atoms with Crippen molar-refractivity contribution in [2.75, 3.05) is 12.0 Å². The van der Waals surface area contributed by atoms with Gasteiger partial charge in [0.05, 0.1) is 4.90 Å². The van der Waals surface area contributed by atoms with Crippen molar-refractivity contribution in [3.63, 3.8) is 0 Å². The molecule has 2 rings (SSSR count). The summed E-state index contributed by atoms with van der Waals surface area (Å²) in [5.41, 5.74) is 1.30. The van der Waals surface area contributed by atoms with Gasteiger partial charge in [0.2, 0.25) is 0 Å². The third-order valence-corrected chi connectivity index (χ3v) is 4.34. The first-order chi connectivity index (χ1) is 9.29. The van der Waals surface area contributed by atoms with Gasteiger partial charge in [-0.25, -0.2) is 4.98 Å². The second-order valence-electron chi connectivity index (χ2n) is 4.02. The van der Waals surface area contributed by atoms with E-state index in [9.17, 15) is 4.79 Å². The number of aromatic nitrogens is 2. The number of nitrogens with one attached hydrogen (secondary N) is 1. The topological polar surface area (TPSA) is 45.8 Å². The van der Waals surface area contributed by atoms with Crippen LogP contribution in [0.15, 0.2) is 51.4 Å². The molecule has 1 heterocycles. The number of rotatable bonds is 6. The Morgan fingerprint density at radius 1 is 1.26 bits per heavy atom. The van der Waals surface area contributed by atoms with E-state index in [4.69, 9.17) is 0 Å². The number of H-pyrrole nitrogens is 1. The molecular weight excluding hydrogens is 276 g/mol. The molecule has 0 saturated carbocycles. The second-order valence-corrected chi connectivity index (χ2v) is 5.96. The number of aryl methyl sites for hydroxylation is 1. The van der Waals surface area contributed by atoms with Crippen LogP contribution in [0.2, 0.25) is 0 Å². The fourth-order valence-corrected chi connectivity index (χ4v) is 2.85. The SMILES string of the molecule is CSc1ncc(SCCCc2ccccc2)c(=O)[nH]1. The van der Waals surface area contributed by atoms with Crippen LogP contribution in [0.5, 0.6) is 0 Å². The normalized spacial score (nSPS) is 10.6. The Kier molecular flexibility index (Phi) is 5.54. The Bertz CT molecular complexity index is 569. The molecule has 0 aliphatic carbocycles. The number of thioether (sulfide) groups is 2. The van der Waals surface area contributed by atoms with E-state index < -0.39 is 0 Å². The minimum atomic E-state index is -0.0379. The van der Waals surface area contributed by atoms with Crippen LogP contribution in [0.3, 0.4) is 0 Å². The molecule has 0 saturated heterocycles. The van der Waals surface area contributed by atoms with Gasteiger partial charge in [-0.05, 0) is 30.4 Å². The first kappa shape index (κ1) is 14.2. The number of nitrogens with zero attached hydrogens (tertiary/aromatic N) is 1. The fraction of sp³-hybridized carbons (Fsp3) is 0.286. The summed E-state index contributed by atoms with van der Waals surface area (Å²) >= 11 is 3.01. The molecule has 3 nitrogen and oxygen atoms in total. The third kappa shape index (κ3) is 4.44. The maximum atomic E-state index is 11.7. The highest BCUT2D eigenvalue weighted by molar-refractivity contribution is 7.99. The van der Waals surface area contributed by atoms with Gasteiger partial charge in [0.1, 0.15) is 0 Å². The van der Waals surface area contributed by atoms with E-state index in [0.717, 1.165) is 18.6 Å². The van der Waals surface area contributed by atoms with Crippen LogP contribution in [-0.2, 0) is 6.42 Å². The highest BCUT2D eigenvalue weighted by Crippen LogP contribution is 2.16. The fourth-order valence-electron chi connectivity index (χ4n) is 1.68. The molecule has 5 heteroatoms. The second kappa shape index (κ2) is 7.40. The van der Waals surface area contributed by atoms with E-state index in [-0.39, 0.29) is 5.56 Å². The molecule has 2 aromatic rings. The predicted octanol–water partition coefficient (Wildman–Crippen LogP) is 3.22. The van der Waals surface area contributed by atoms with Gasteiger partial charge in [-0.3, -0.25) is 4.79 Å². The zero-order valence-electron chi connectivity index (χ0n) is 10.8. The average molecular weight is 292 g/mol. The molecular formula is C14H16N2OS2. The van der Waals surface area contributed by atoms with Gasteiger partial charge in [-0.1, -0.05) is 42.1 Å². The van der Waals surface area contributed by atoms with Crippen molar-refractivity contribution in [1.29, 1.82) is 0 Å². The number of hydrogen-bond acceptors (Lipinski definition) is 4. The van der Waals surface area contributed by atoms with Crippen LogP contribution in [0.25, 0.3) is 0 Å². The van der Waals surface area contributed by atoms with Gasteiger partial charge in [-0.2, -0.15) is 0 Å². The van der Waals surface area contributed by atoms with Crippen molar-refractivity contribution in [2.45, 2.75) is 22.9 Å². The van der Waals surface area contributed by atoms with E-state index in [1.54, 1.807) is 18.0 Å². The number of hydrogen-bond donors (Lipinski definition) is 1. The van der Waals surface area contributed by atoms with Crippen LogP contribution in [0.4, 0.5) is 0 Å². The Balaban J connectivity index is 1.81. The van der Waals surface area contributed by atoms with Gasteiger partial charge >= 0.3 is 0 Å². The summed E-state index contributed by atoms with van der Waals surface area (Å²) in [7, 11) is 0. The lowest BCUT2D eigenvalue weighted by Gasteiger charge is -2.02. The monoisotopic (exact) mass is 292 g/mol. The number of aromatic amines is 1. The van der Waals surface area contributed by atoms with Crippen molar-refractivity contribution >= 4 is 23.5 Å². The molecule has 100 valence electrons. The lowest BCUT2D eigenvalue weighted by molar-refractivity contribution is 0.890. The molecule has 19 heavy (non-hydrogen) atoms. The maximum Gasteiger partial charge on any atom is 0.265 e. The first-order valence-electron chi connectivity index (χ1n) is 6.09. The summed E-state index contributed by atoms with van der Waals surface area (Å²) in [6, 6.07) is 10.4. The summed E-state index contributed by atoms with van der Waals surface area (Å²) in [6.45, 7) is 0. The van der Waals surface area contributed by atoms with E-state index in [2.05, 4.69) is 34.2 Å². The molecule has 0 spiro atoms. The Labute approximate surface area is 121 Å². The van der Waals surface area contributed by atoms with Crippen LogP contribution < -0.4 is 5.56 Å². The van der Waals surface area contributed by atoms with E-state index >= 15 is 0 Å². The van der Waals surface area contributed by atoms with Crippen LogP contribution in [0, 0.1) is 0 Å². The van der Waals surface area contributed by atoms with Crippen molar-refractivity contribution in [3.8, 4) is 0 Å². The van der Waals surface area contributed by atoms with E-state index in [1.807, 2.05) is 12.3 Å². The summed E-state index contributed by atoms with van der Waals surface area (Å²) in [5.74, 6) is 0.929. The lowest BCUT2D eigenvalue weighted by atomic mass is 10.1. The zero-order chi connectivity index (χ0) is 13.5. The van der Waals surface area contributed by atoms with Crippen LogP contribution in [0.1, 0.15) is 12.0 Å². The van der Waals surface area contributed by atoms with Gasteiger partial charge in [0, 0.05) is 6.20 Å². The van der Waals surface area contributed by atoms with Crippen LogP contribution in [-0.4, -0.2) is 22.0 Å². The summed E-state index contributed by atoms with van der Waals surface area (Å²) < 4.78 is 0. The summed E-state index contributed by atoms with van der Waals surface area (Å²) in [6.07, 6.45) is 5.66. The lowest BCUT2D eigenvalue weighted by Crippen LogP contribution is -2.10. The smallest absolute Gasteiger partial charge is 0.265 e. The Morgan fingerprint density at radius 3 is 2.74 bits per heavy atom. The first-order valence-corrected chi connectivity index (χ1v) is 8.30. The van der Waals surface area contributed by atoms with Gasteiger partial charge in [0.15, 0.2) is 5.16 Å². The van der Waals surface area contributed by atoms with E-state index in [0.29, 0.717) is 10.1 Å². The van der Waals surface area contributed by atoms with Crippen molar-refractivity contribution in [1.82, 2.24) is 9.97 Å². The number of benzene rings is 1. The highest BCUT2D eigenvalue weighted by Gasteiger charge is 2.02. The van der Waals surface area contributed by atoms with Gasteiger partial charge < -0.3 is 4.98 Å². The molecule has 0 bridgehead atoms. The minimum absolute atomic E-state index is 0.0379. The summed E-state index contributed by atoms with van der Waals surface area (Å²) in [5, 5.41) is 0.665. The average Bonchev–Trinajstić information content (AvgIpc) is 2.46. The minimum Gasteiger partial charge on any atom is -0.301 e. The molecule has 0 amide bonds. The Morgan fingerprint density at radius 2 is 2.05 bits per heavy atom. The standard InChI is InChI=1S/C14H16N2OS2/c1-18-14-15-10-12(13(17)16-14)19-9-5-8-11-6-3-2-4-7-11/h2-4,6-7,10H,5,8-9H2,1H3,(H,15,16,17). The largest absolute Gasteiger partial charge is 0.301 e. The molecule has 1 aromatic carbocycles.